The van der Waals surface area contributed by atoms with Crippen molar-refractivity contribution >= 4 is 0 Å². The van der Waals surface area contributed by atoms with Gasteiger partial charge in [-0.3, -0.25) is 0 Å². The Morgan fingerprint density at radius 2 is 2.36 bits per heavy atom. The van der Waals surface area contributed by atoms with Crippen molar-refractivity contribution in [1.82, 2.24) is 9.55 Å². The zero-order valence-corrected chi connectivity index (χ0v) is 9.03. The van der Waals surface area contributed by atoms with E-state index in [1.807, 2.05) is 13.1 Å². The normalized spacial score (nSPS) is 19.4. The summed E-state index contributed by atoms with van der Waals surface area (Å²) in [5, 5.41) is 0. The van der Waals surface area contributed by atoms with Gasteiger partial charge < -0.3 is 10.3 Å². The lowest BCUT2D eigenvalue weighted by Gasteiger charge is -2.25. The summed E-state index contributed by atoms with van der Waals surface area (Å²) in [5.41, 5.74) is 7.17. The summed E-state index contributed by atoms with van der Waals surface area (Å²) < 4.78 is 2.23. The average Bonchev–Trinajstić information content (AvgIpc) is 2.32. The molecule has 0 bridgehead atoms. The van der Waals surface area contributed by atoms with Gasteiger partial charge in [-0.1, -0.05) is 6.42 Å². The van der Waals surface area contributed by atoms with Crippen LogP contribution in [-0.2, 0) is 13.5 Å². The van der Waals surface area contributed by atoms with Crippen molar-refractivity contribution in [1.29, 1.82) is 0 Å². The van der Waals surface area contributed by atoms with Crippen LogP contribution in [0.25, 0.3) is 0 Å². The topological polar surface area (TPSA) is 43.8 Å². The van der Waals surface area contributed by atoms with Crippen LogP contribution in [0.4, 0.5) is 0 Å². The molecule has 1 saturated carbocycles. The Kier molecular flexibility index (Phi) is 2.59. The van der Waals surface area contributed by atoms with Crippen LogP contribution < -0.4 is 5.73 Å². The number of aromatic nitrogens is 2. The molecule has 3 heteroatoms. The van der Waals surface area contributed by atoms with Crippen LogP contribution in [0.5, 0.6) is 0 Å². The highest BCUT2D eigenvalue weighted by Crippen LogP contribution is 2.36. The van der Waals surface area contributed by atoms with Gasteiger partial charge in [-0.25, -0.2) is 4.98 Å². The predicted octanol–water partition coefficient (Wildman–Crippen LogP) is 1.58. The zero-order chi connectivity index (χ0) is 10.1. The monoisotopic (exact) mass is 193 g/mol. The largest absolute Gasteiger partial charge is 0.335 e. The minimum Gasteiger partial charge on any atom is -0.335 e. The van der Waals surface area contributed by atoms with Gasteiger partial charge in [-0.15, -0.1) is 0 Å². The van der Waals surface area contributed by atoms with E-state index >= 15 is 0 Å². The molecule has 1 atom stereocenters. The average molecular weight is 193 g/mol. The Morgan fingerprint density at radius 1 is 1.64 bits per heavy atom. The smallest absolute Gasteiger partial charge is 0.110 e. The molecule has 0 aromatic carbocycles. The fraction of sp³-hybridized carbons (Fsp3) is 0.727. The molecule has 0 radical (unpaired) electrons. The van der Waals surface area contributed by atoms with Gasteiger partial charge >= 0.3 is 0 Å². The third kappa shape index (κ3) is 1.69. The van der Waals surface area contributed by atoms with Gasteiger partial charge in [0.1, 0.15) is 5.82 Å². The molecular formula is C11H19N3. The van der Waals surface area contributed by atoms with Gasteiger partial charge in [-0.05, 0) is 19.8 Å². The number of nitrogens with zero attached hydrogens (tertiary/aromatic N) is 2. The maximum atomic E-state index is 5.77. The lowest BCUT2D eigenvalue weighted by molar-refractivity contribution is 0.401. The van der Waals surface area contributed by atoms with Crippen LogP contribution in [0.2, 0.25) is 0 Å². The summed E-state index contributed by atoms with van der Waals surface area (Å²) in [6.45, 7) is 2.03. The lowest BCUT2D eigenvalue weighted by Crippen LogP contribution is -2.21. The van der Waals surface area contributed by atoms with E-state index in [1.54, 1.807) is 0 Å². The lowest BCUT2D eigenvalue weighted by atomic mass is 9.83. The summed E-state index contributed by atoms with van der Waals surface area (Å²) in [7, 11) is 2.11. The third-order valence-electron chi connectivity index (χ3n) is 3.15. The minimum atomic E-state index is 0.199. The van der Waals surface area contributed by atoms with Gasteiger partial charge in [-0.2, -0.15) is 0 Å². The second-order valence-electron chi connectivity index (χ2n) is 4.47. The van der Waals surface area contributed by atoms with Crippen LogP contribution in [0, 0.1) is 0 Å². The molecule has 1 aromatic rings. The van der Waals surface area contributed by atoms with Crippen molar-refractivity contribution in [3.63, 3.8) is 0 Å². The molecule has 2 N–H and O–H groups in total. The molecule has 0 amide bonds. The van der Waals surface area contributed by atoms with Crippen molar-refractivity contribution in [3.8, 4) is 0 Å². The fourth-order valence-electron chi connectivity index (χ4n) is 2.02. The van der Waals surface area contributed by atoms with Crippen molar-refractivity contribution < 1.29 is 0 Å². The SMILES string of the molecule is CC(N)Cc1ncc(C2CCC2)n1C. The molecule has 1 fully saturated rings. The van der Waals surface area contributed by atoms with E-state index in [0.29, 0.717) is 0 Å². The first-order valence-corrected chi connectivity index (χ1v) is 5.44. The molecule has 1 aliphatic rings. The van der Waals surface area contributed by atoms with E-state index in [2.05, 4.69) is 16.6 Å². The maximum absolute atomic E-state index is 5.77. The highest BCUT2D eigenvalue weighted by atomic mass is 15.1. The molecule has 1 unspecified atom stereocenters. The van der Waals surface area contributed by atoms with Gasteiger partial charge in [0, 0.05) is 37.3 Å². The standard InChI is InChI=1S/C11H19N3/c1-8(12)6-11-13-7-10(14(11)2)9-4-3-5-9/h7-9H,3-6,12H2,1-2H3. The highest BCUT2D eigenvalue weighted by Gasteiger charge is 2.23. The Balaban J connectivity index is 2.14. The van der Waals surface area contributed by atoms with Crippen LogP contribution in [0.3, 0.4) is 0 Å². The first-order valence-electron chi connectivity index (χ1n) is 5.44. The molecule has 0 saturated heterocycles. The summed E-state index contributed by atoms with van der Waals surface area (Å²) in [6, 6.07) is 0.199. The summed E-state index contributed by atoms with van der Waals surface area (Å²) in [4.78, 5) is 4.44. The van der Waals surface area contributed by atoms with Gasteiger partial charge in [0.05, 0.1) is 0 Å². The minimum absolute atomic E-state index is 0.199. The van der Waals surface area contributed by atoms with E-state index in [9.17, 15) is 0 Å². The quantitative estimate of drug-likeness (QED) is 0.792. The number of hydrogen-bond donors (Lipinski definition) is 1. The van der Waals surface area contributed by atoms with E-state index in [0.717, 1.165) is 18.2 Å². The summed E-state index contributed by atoms with van der Waals surface area (Å²) in [5.74, 6) is 1.89. The van der Waals surface area contributed by atoms with E-state index in [1.165, 1.54) is 25.0 Å². The number of rotatable bonds is 3. The van der Waals surface area contributed by atoms with Crippen LogP contribution in [-0.4, -0.2) is 15.6 Å². The Bertz CT molecular complexity index is 310. The second-order valence-corrected chi connectivity index (χ2v) is 4.47. The summed E-state index contributed by atoms with van der Waals surface area (Å²) >= 11 is 0. The Hall–Kier alpha value is -0.830. The highest BCUT2D eigenvalue weighted by molar-refractivity contribution is 5.13. The molecular weight excluding hydrogens is 174 g/mol. The van der Waals surface area contributed by atoms with Gasteiger partial charge in [0.25, 0.3) is 0 Å². The van der Waals surface area contributed by atoms with E-state index in [-0.39, 0.29) is 6.04 Å². The number of imidazole rings is 1. The van der Waals surface area contributed by atoms with E-state index < -0.39 is 0 Å². The molecule has 1 heterocycles. The Labute approximate surface area is 85.3 Å². The third-order valence-corrected chi connectivity index (χ3v) is 3.15. The van der Waals surface area contributed by atoms with Gasteiger partial charge in [0.15, 0.2) is 0 Å². The zero-order valence-electron chi connectivity index (χ0n) is 9.03. The summed E-state index contributed by atoms with van der Waals surface area (Å²) in [6.07, 6.45) is 6.94. The first kappa shape index (κ1) is 9.71. The molecule has 78 valence electrons. The fourth-order valence-corrected chi connectivity index (χ4v) is 2.02. The number of hydrogen-bond acceptors (Lipinski definition) is 2. The Morgan fingerprint density at radius 3 is 2.86 bits per heavy atom. The molecule has 1 aromatic heterocycles. The molecule has 14 heavy (non-hydrogen) atoms. The van der Waals surface area contributed by atoms with Crippen molar-refractivity contribution in [2.45, 2.75) is 44.6 Å². The molecule has 3 nitrogen and oxygen atoms in total. The van der Waals surface area contributed by atoms with Crippen LogP contribution >= 0.6 is 0 Å². The van der Waals surface area contributed by atoms with Crippen LogP contribution in [0.15, 0.2) is 6.20 Å². The molecule has 0 spiro atoms. The van der Waals surface area contributed by atoms with Crippen molar-refractivity contribution in [2.75, 3.05) is 0 Å². The van der Waals surface area contributed by atoms with Crippen molar-refractivity contribution in [3.05, 3.63) is 17.7 Å². The first-order chi connectivity index (χ1) is 6.68. The van der Waals surface area contributed by atoms with E-state index in [4.69, 9.17) is 5.73 Å². The molecule has 2 rings (SSSR count). The molecule has 0 aliphatic heterocycles. The predicted molar refractivity (Wildman–Crippen MR) is 57.2 cm³/mol. The number of nitrogens with two attached hydrogens (primary N) is 1. The molecule has 1 aliphatic carbocycles. The van der Waals surface area contributed by atoms with Crippen molar-refractivity contribution in [2.24, 2.45) is 12.8 Å². The van der Waals surface area contributed by atoms with Gasteiger partial charge in [0.2, 0.25) is 0 Å². The van der Waals surface area contributed by atoms with Crippen LogP contribution in [0.1, 0.15) is 43.6 Å². The maximum Gasteiger partial charge on any atom is 0.110 e. The second kappa shape index (κ2) is 3.73.